The Labute approximate surface area is 203 Å². The Morgan fingerprint density at radius 2 is 1.73 bits per heavy atom. The summed E-state index contributed by atoms with van der Waals surface area (Å²) in [6, 6.07) is 0. The van der Waals surface area contributed by atoms with Crippen LogP contribution in [0.5, 0.6) is 0 Å². The minimum Gasteiger partial charge on any atom is -0.465 e. The van der Waals surface area contributed by atoms with Gasteiger partial charge < -0.3 is 9.16 Å². The van der Waals surface area contributed by atoms with Crippen LogP contribution in [0.15, 0.2) is 11.6 Å². The molecule has 3 saturated carbocycles. The zero-order valence-corrected chi connectivity index (χ0v) is 23.3. The Bertz CT molecular complexity index is 825. The van der Waals surface area contributed by atoms with Crippen molar-refractivity contribution < 1.29 is 14.0 Å². The number of hydrogen-bond acceptors (Lipinski definition) is 3. The van der Waals surface area contributed by atoms with Crippen LogP contribution in [-0.2, 0) is 14.0 Å². The van der Waals surface area contributed by atoms with E-state index in [2.05, 4.69) is 53.8 Å². The van der Waals surface area contributed by atoms with Gasteiger partial charge in [0.05, 0.1) is 13.0 Å². The van der Waals surface area contributed by atoms with Crippen LogP contribution in [0.3, 0.4) is 0 Å². The first-order valence-electron chi connectivity index (χ1n) is 13.9. The second-order valence-corrected chi connectivity index (χ2v) is 19.1. The molecule has 186 valence electrons. The van der Waals surface area contributed by atoms with E-state index in [0.29, 0.717) is 41.8 Å². The second kappa shape index (κ2) is 7.95. The Hall–Kier alpha value is -0.613. The summed E-state index contributed by atoms with van der Waals surface area (Å²) in [7, 11) is -1.72. The van der Waals surface area contributed by atoms with E-state index >= 15 is 0 Å². The molecule has 33 heavy (non-hydrogen) atoms. The lowest BCUT2D eigenvalue weighted by Crippen LogP contribution is -2.52. The van der Waals surface area contributed by atoms with Crippen molar-refractivity contribution in [2.75, 3.05) is 6.61 Å². The van der Waals surface area contributed by atoms with Gasteiger partial charge in [0.1, 0.15) is 0 Å². The topological polar surface area (TPSA) is 35.5 Å². The van der Waals surface area contributed by atoms with Gasteiger partial charge in [0, 0.05) is 12.0 Å². The van der Waals surface area contributed by atoms with E-state index in [4.69, 9.17) is 9.16 Å². The van der Waals surface area contributed by atoms with Crippen LogP contribution in [0.4, 0.5) is 0 Å². The van der Waals surface area contributed by atoms with Crippen molar-refractivity contribution >= 4 is 14.3 Å². The zero-order valence-electron chi connectivity index (χ0n) is 22.3. The standard InChI is InChI=1S/C29H48O3Si/c1-27(2,3)33(6,7)32-21-12-14-28(4)20(17-21)8-9-22-24-11-10-23(19-16-26(30)31-18-19)29(24,5)15-13-25(22)28/h8,19,21-25H,9-18H2,1-7H3/t19?,21-,22-,23+,24?,25-,28-,29+/m0/s1. The quantitative estimate of drug-likeness (QED) is 0.242. The molecule has 0 radical (unpaired) electrons. The van der Waals surface area contributed by atoms with Crippen molar-refractivity contribution in [3.05, 3.63) is 11.6 Å². The van der Waals surface area contributed by atoms with Gasteiger partial charge in [-0.25, -0.2) is 0 Å². The molecule has 0 aromatic rings. The van der Waals surface area contributed by atoms with Crippen molar-refractivity contribution in [1.29, 1.82) is 0 Å². The molecule has 1 aliphatic heterocycles. The van der Waals surface area contributed by atoms with Crippen molar-refractivity contribution in [3.8, 4) is 0 Å². The van der Waals surface area contributed by atoms with E-state index in [9.17, 15) is 4.79 Å². The highest BCUT2D eigenvalue weighted by atomic mass is 28.4. The van der Waals surface area contributed by atoms with E-state index in [1.54, 1.807) is 5.57 Å². The first kappa shape index (κ1) is 24.1. The number of carbonyl (C=O) groups is 1. The minimum absolute atomic E-state index is 0.0372. The van der Waals surface area contributed by atoms with Crippen LogP contribution in [0.1, 0.15) is 92.4 Å². The lowest BCUT2D eigenvalue weighted by molar-refractivity contribution is -0.137. The molecule has 0 aromatic carbocycles. The first-order chi connectivity index (χ1) is 15.3. The van der Waals surface area contributed by atoms with Gasteiger partial charge >= 0.3 is 5.97 Å². The molecule has 8 atom stereocenters. The molecular formula is C29H48O3Si. The fourth-order valence-corrected chi connectivity index (χ4v) is 10.3. The predicted molar refractivity (Wildman–Crippen MR) is 136 cm³/mol. The Morgan fingerprint density at radius 3 is 2.39 bits per heavy atom. The fourth-order valence-electron chi connectivity index (χ4n) is 8.93. The molecule has 0 aromatic heterocycles. The third-order valence-corrected chi connectivity index (χ3v) is 16.4. The van der Waals surface area contributed by atoms with Crippen LogP contribution < -0.4 is 0 Å². The lowest BCUT2D eigenvalue weighted by Gasteiger charge is -2.58. The molecule has 1 heterocycles. The van der Waals surface area contributed by atoms with E-state index in [0.717, 1.165) is 24.2 Å². The first-order valence-corrected chi connectivity index (χ1v) is 16.8. The molecule has 4 aliphatic carbocycles. The van der Waals surface area contributed by atoms with Crippen LogP contribution >= 0.6 is 0 Å². The SMILES string of the molecule is CC(C)(C)[Si](C)(C)O[C@H]1CC[C@@]2(C)C(=CC[C@H]3C4CC[C@H](C5COC(=O)C5)[C@@]4(C)CC[C@@H]32)C1. The van der Waals surface area contributed by atoms with Crippen LogP contribution in [0.25, 0.3) is 0 Å². The highest BCUT2D eigenvalue weighted by molar-refractivity contribution is 6.74. The van der Waals surface area contributed by atoms with Gasteiger partial charge in [-0.1, -0.05) is 46.3 Å². The smallest absolute Gasteiger partial charge is 0.306 e. The second-order valence-electron chi connectivity index (χ2n) is 14.4. The molecule has 5 aliphatic rings. The highest BCUT2D eigenvalue weighted by Gasteiger charge is 2.60. The average molecular weight is 473 g/mol. The molecule has 0 bridgehead atoms. The minimum atomic E-state index is -1.72. The maximum absolute atomic E-state index is 11.8. The molecule has 3 nitrogen and oxygen atoms in total. The number of allylic oxidation sites excluding steroid dienone is 1. The van der Waals surface area contributed by atoms with Crippen molar-refractivity contribution in [1.82, 2.24) is 0 Å². The van der Waals surface area contributed by atoms with Gasteiger partial charge in [0.2, 0.25) is 0 Å². The fraction of sp³-hybridized carbons (Fsp3) is 0.897. The molecular weight excluding hydrogens is 424 g/mol. The largest absolute Gasteiger partial charge is 0.465 e. The maximum Gasteiger partial charge on any atom is 0.306 e. The number of cyclic esters (lactones) is 1. The summed E-state index contributed by atoms with van der Waals surface area (Å²) in [4.78, 5) is 11.8. The molecule has 0 amide bonds. The summed E-state index contributed by atoms with van der Waals surface area (Å²) in [5.41, 5.74) is 2.51. The van der Waals surface area contributed by atoms with E-state index in [-0.39, 0.29) is 11.0 Å². The van der Waals surface area contributed by atoms with E-state index < -0.39 is 8.32 Å². The van der Waals surface area contributed by atoms with Gasteiger partial charge in [-0.2, -0.15) is 0 Å². The Morgan fingerprint density at radius 1 is 1.00 bits per heavy atom. The summed E-state index contributed by atoms with van der Waals surface area (Å²) in [5, 5.41) is 0.279. The molecule has 2 unspecified atom stereocenters. The highest BCUT2D eigenvalue weighted by Crippen LogP contribution is 2.67. The summed E-state index contributed by atoms with van der Waals surface area (Å²) >= 11 is 0. The average Bonchev–Trinajstić information content (AvgIpc) is 3.29. The van der Waals surface area contributed by atoms with Gasteiger partial charge in [-0.3, -0.25) is 4.79 Å². The number of carbonyl (C=O) groups excluding carboxylic acids is 1. The van der Waals surface area contributed by atoms with Crippen molar-refractivity contribution in [2.24, 2.45) is 40.4 Å². The monoisotopic (exact) mass is 472 g/mol. The van der Waals surface area contributed by atoms with Crippen molar-refractivity contribution in [3.63, 3.8) is 0 Å². The summed E-state index contributed by atoms with van der Waals surface area (Å²) < 4.78 is 12.3. The normalized spacial score (nSPS) is 45.7. The summed E-state index contributed by atoms with van der Waals surface area (Å²) in [6.07, 6.45) is 14.1. The summed E-state index contributed by atoms with van der Waals surface area (Å²) in [6.45, 7) is 17.8. The van der Waals surface area contributed by atoms with Crippen LogP contribution in [0.2, 0.25) is 18.1 Å². The zero-order chi connectivity index (χ0) is 23.8. The van der Waals surface area contributed by atoms with Gasteiger partial charge in [-0.05, 0) is 104 Å². The Kier molecular flexibility index (Phi) is 5.80. The summed E-state index contributed by atoms with van der Waals surface area (Å²) in [5.74, 6) is 3.69. The van der Waals surface area contributed by atoms with Crippen LogP contribution in [0, 0.1) is 40.4 Å². The molecule has 5 rings (SSSR count). The maximum atomic E-state index is 11.8. The van der Waals surface area contributed by atoms with Gasteiger partial charge in [0.15, 0.2) is 8.32 Å². The third kappa shape index (κ3) is 3.81. The van der Waals surface area contributed by atoms with Gasteiger partial charge in [0.25, 0.3) is 0 Å². The van der Waals surface area contributed by atoms with Crippen molar-refractivity contribution in [2.45, 2.75) is 117 Å². The molecule has 4 heteroatoms. The Balaban J connectivity index is 1.32. The molecule has 0 spiro atoms. The molecule has 1 saturated heterocycles. The molecule has 4 fully saturated rings. The number of esters is 1. The lowest BCUT2D eigenvalue weighted by atomic mass is 9.47. The number of hydrogen-bond donors (Lipinski definition) is 0. The van der Waals surface area contributed by atoms with Gasteiger partial charge in [-0.15, -0.1) is 0 Å². The number of ether oxygens (including phenoxy) is 1. The van der Waals surface area contributed by atoms with E-state index in [1.165, 1.54) is 44.9 Å². The number of rotatable bonds is 3. The predicted octanol–water partition coefficient (Wildman–Crippen LogP) is 7.52. The third-order valence-electron chi connectivity index (χ3n) is 11.9. The molecule has 0 N–H and O–H groups in total. The van der Waals surface area contributed by atoms with Crippen LogP contribution in [-0.4, -0.2) is 27.0 Å². The number of fused-ring (bicyclic) bond motifs is 5. The van der Waals surface area contributed by atoms with E-state index in [1.807, 2.05) is 0 Å².